The number of aliphatic hydroxyl groups excluding tert-OH is 1. The van der Waals surface area contributed by atoms with Gasteiger partial charge in [0.15, 0.2) is 0 Å². The molecule has 0 heterocycles. The van der Waals surface area contributed by atoms with Crippen LogP contribution in [0.5, 0.6) is 0 Å². The fraction of sp³-hybridized carbons (Fsp3) is 0.929. The maximum atomic E-state index is 11.7. The Labute approximate surface area is 110 Å². The zero-order valence-corrected chi connectivity index (χ0v) is 11.2. The topological polar surface area (TPSA) is 61.4 Å². The largest absolute Gasteiger partial charge is 0.396 e. The molecule has 2 aliphatic rings. The minimum absolute atomic E-state index is 0.0122. The van der Waals surface area contributed by atoms with Crippen molar-refractivity contribution >= 4 is 6.03 Å². The lowest BCUT2D eigenvalue weighted by Crippen LogP contribution is -2.44. The molecule has 0 spiro atoms. The van der Waals surface area contributed by atoms with Crippen molar-refractivity contribution in [2.45, 2.75) is 57.4 Å². The first-order chi connectivity index (χ1) is 8.78. The van der Waals surface area contributed by atoms with E-state index in [0.29, 0.717) is 18.6 Å². The van der Waals surface area contributed by atoms with Crippen molar-refractivity contribution < 1.29 is 9.90 Å². The van der Waals surface area contributed by atoms with Gasteiger partial charge in [0.1, 0.15) is 0 Å². The number of urea groups is 1. The van der Waals surface area contributed by atoms with E-state index in [1.54, 1.807) is 0 Å². The van der Waals surface area contributed by atoms with E-state index in [-0.39, 0.29) is 6.03 Å². The van der Waals surface area contributed by atoms with Crippen molar-refractivity contribution in [2.24, 2.45) is 11.8 Å². The Hall–Kier alpha value is -0.770. The first-order valence-corrected chi connectivity index (χ1v) is 7.43. The summed E-state index contributed by atoms with van der Waals surface area (Å²) in [6, 6.07) is 0.290. The highest BCUT2D eigenvalue weighted by Crippen LogP contribution is 2.28. The van der Waals surface area contributed by atoms with Crippen LogP contribution in [-0.2, 0) is 0 Å². The summed E-state index contributed by atoms with van der Waals surface area (Å²) in [6.45, 7) is 1.10. The number of carbonyl (C=O) groups excluding carboxylic acids is 1. The van der Waals surface area contributed by atoms with Crippen molar-refractivity contribution in [1.82, 2.24) is 10.6 Å². The summed E-state index contributed by atoms with van der Waals surface area (Å²) in [5.74, 6) is 1.30. The molecule has 0 unspecified atom stereocenters. The second-order valence-electron chi connectivity index (χ2n) is 5.89. The van der Waals surface area contributed by atoms with E-state index in [4.69, 9.17) is 5.11 Å². The Morgan fingerprint density at radius 1 is 1.06 bits per heavy atom. The van der Waals surface area contributed by atoms with Crippen LogP contribution in [-0.4, -0.2) is 30.3 Å². The zero-order valence-electron chi connectivity index (χ0n) is 11.2. The maximum absolute atomic E-state index is 11.7. The van der Waals surface area contributed by atoms with Gasteiger partial charge in [0, 0.05) is 19.2 Å². The molecule has 0 bridgehead atoms. The van der Waals surface area contributed by atoms with Crippen LogP contribution in [0.3, 0.4) is 0 Å². The molecule has 0 atom stereocenters. The third-order valence-corrected chi connectivity index (χ3v) is 4.50. The molecular weight excluding hydrogens is 228 g/mol. The lowest BCUT2D eigenvalue weighted by atomic mass is 9.83. The van der Waals surface area contributed by atoms with Crippen LogP contribution in [0, 0.1) is 11.8 Å². The van der Waals surface area contributed by atoms with Gasteiger partial charge >= 0.3 is 6.03 Å². The minimum Gasteiger partial charge on any atom is -0.396 e. The first-order valence-electron chi connectivity index (χ1n) is 7.43. The zero-order chi connectivity index (χ0) is 12.8. The van der Waals surface area contributed by atoms with Gasteiger partial charge in [0.2, 0.25) is 0 Å². The molecule has 4 heteroatoms. The highest BCUT2D eigenvalue weighted by Gasteiger charge is 2.22. The predicted molar refractivity (Wildman–Crippen MR) is 71.3 cm³/mol. The summed E-state index contributed by atoms with van der Waals surface area (Å²) in [4.78, 5) is 11.7. The lowest BCUT2D eigenvalue weighted by molar-refractivity contribution is 0.174. The highest BCUT2D eigenvalue weighted by molar-refractivity contribution is 5.74. The number of nitrogens with one attached hydrogen (secondary N) is 2. The van der Waals surface area contributed by atoms with Gasteiger partial charge in [-0.15, -0.1) is 0 Å². The lowest BCUT2D eigenvalue weighted by Gasteiger charge is -2.28. The van der Waals surface area contributed by atoms with Gasteiger partial charge in [-0.25, -0.2) is 4.79 Å². The second kappa shape index (κ2) is 6.98. The summed E-state index contributed by atoms with van der Waals surface area (Å²) in [5, 5.41) is 15.1. The average Bonchev–Trinajstić information content (AvgIpc) is 2.33. The monoisotopic (exact) mass is 254 g/mol. The molecular formula is C14H26N2O2. The Kier molecular flexibility index (Phi) is 5.29. The van der Waals surface area contributed by atoms with Crippen LogP contribution in [0.2, 0.25) is 0 Å². The van der Waals surface area contributed by atoms with Gasteiger partial charge in [-0.2, -0.15) is 0 Å². The molecule has 2 fully saturated rings. The standard InChI is InChI=1S/C14H26N2O2/c17-10-12-4-6-13(7-5-12)16-14(18)15-9-8-11-2-1-3-11/h11-13,17H,1-10H2,(H2,15,16,18). The van der Waals surface area contributed by atoms with Crippen molar-refractivity contribution in [3.63, 3.8) is 0 Å². The molecule has 104 valence electrons. The minimum atomic E-state index is -0.0122. The quantitative estimate of drug-likeness (QED) is 0.703. The molecule has 2 rings (SSSR count). The van der Waals surface area contributed by atoms with Crippen LogP contribution in [0.25, 0.3) is 0 Å². The number of aliphatic hydroxyl groups is 1. The Morgan fingerprint density at radius 2 is 1.78 bits per heavy atom. The normalized spacial score (nSPS) is 28.5. The number of rotatable bonds is 5. The van der Waals surface area contributed by atoms with Gasteiger partial charge in [-0.05, 0) is 43.9 Å². The van der Waals surface area contributed by atoms with Crippen LogP contribution in [0.1, 0.15) is 51.4 Å². The van der Waals surface area contributed by atoms with Crippen molar-refractivity contribution in [3.05, 3.63) is 0 Å². The third kappa shape index (κ3) is 4.16. The Bertz CT molecular complexity index is 259. The van der Waals surface area contributed by atoms with E-state index in [2.05, 4.69) is 10.6 Å². The van der Waals surface area contributed by atoms with Crippen molar-refractivity contribution in [1.29, 1.82) is 0 Å². The van der Waals surface area contributed by atoms with Crippen LogP contribution in [0.4, 0.5) is 4.79 Å². The molecule has 3 N–H and O–H groups in total. The first kappa shape index (κ1) is 13.7. The molecule has 0 radical (unpaired) electrons. The highest BCUT2D eigenvalue weighted by atomic mass is 16.3. The van der Waals surface area contributed by atoms with Crippen molar-refractivity contribution in [2.75, 3.05) is 13.2 Å². The number of carbonyl (C=O) groups is 1. The van der Waals surface area contributed by atoms with E-state index >= 15 is 0 Å². The maximum Gasteiger partial charge on any atom is 0.315 e. The van der Waals surface area contributed by atoms with E-state index < -0.39 is 0 Å². The van der Waals surface area contributed by atoms with Gasteiger partial charge in [0.25, 0.3) is 0 Å². The SMILES string of the molecule is O=C(NCCC1CCC1)NC1CCC(CO)CC1. The number of hydrogen-bond donors (Lipinski definition) is 3. The summed E-state index contributed by atoms with van der Waals surface area (Å²) < 4.78 is 0. The van der Waals surface area contributed by atoms with Crippen LogP contribution in [0.15, 0.2) is 0 Å². The third-order valence-electron chi connectivity index (χ3n) is 4.50. The molecule has 0 aromatic carbocycles. The molecule has 0 aliphatic heterocycles. The fourth-order valence-electron chi connectivity index (χ4n) is 2.90. The predicted octanol–water partition coefficient (Wildman–Crippen LogP) is 2.03. The van der Waals surface area contributed by atoms with Gasteiger partial charge in [-0.1, -0.05) is 19.3 Å². The number of amides is 2. The van der Waals surface area contributed by atoms with E-state index in [0.717, 1.165) is 44.6 Å². The van der Waals surface area contributed by atoms with Crippen LogP contribution < -0.4 is 10.6 Å². The summed E-state index contributed by atoms with van der Waals surface area (Å²) in [5.41, 5.74) is 0. The van der Waals surface area contributed by atoms with E-state index in [1.165, 1.54) is 19.3 Å². The van der Waals surface area contributed by atoms with Crippen molar-refractivity contribution in [3.8, 4) is 0 Å². The van der Waals surface area contributed by atoms with Crippen LogP contribution >= 0.6 is 0 Å². The Balaban J connectivity index is 1.53. The molecule has 0 aromatic heterocycles. The van der Waals surface area contributed by atoms with Gasteiger partial charge < -0.3 is 15.7 Å². The second-order valence-corrected chi connectivity index (χ2v) is 5.89. The van der Waals surface area contributed by atoms with Gasteiger partial charge in [0.05, 0.1) is 0 Å². The molecule has 2 aliphatic carbocycles. The fourth-order valence-corrected chi connectivity index (χ4v) is 2.90. The van der Waals surface area contributed by atoms with Gasteiger partial charge in [-0.3, -0.25) is 0 Å². The smallest absolute Gasteiger partial charge is 0.315 e. The summed E-state index contributed by atoms with van der Waals surface area (Å²) >= 11 is 0. The summed E-state index contributed by atoms with van der Waals surface area (Å²) in [7, 11) is 0. The molecule has 4 nitrogen and oxygen atoms in total. The molecule has 0 aromatic rings. The molecule has 18 heavy (non-hydrogen) atoms. The molecule has 0 saturated heterocycles. The summed E-state index contributed by atoms with van der Waals surface area (Å²) in [6.07, 6.45) is 9.24. The number of hydrogen-bond acceptors (Lipinski definition) is 2. The average molecular weight is 254 g/mol. The Morgan fingerprint density at radius 3 is 2.33 bits per heavy atom. The van der Waals surface area contributed by atoms with E-state index in [9.17, 15) is 4.79 Å². The van der Waals surface area contributed by atoms with E-state index in [1.807, 2.05) is 0 Å². The molecule has 2 amide bonds. The molecule has 2 saturated carbocycles.